The van der Waals surface area contributed by atoms with Crippen molar-refractivity contribution < 1.29 is 19.1 Å². The van der Waals surface area contributed by atoms with Crippen molar-refractivity contribution in [1.29, 1.82) is 0 Å². The molecule has 0 saturated carbocycles. The largest absolute Gasteiger partial charge is 0.494 e. The van der Waals surface area contributed by atoms with Crippen molar-refractivity contribution in [3.05, 3.63) is 70.7 Å². The zero-order chi connectivity index (χ0) is 21.8. The quantitative estimate of drug-likeness (QED) is 0.296. The Balaban J connectivity index is 1.84. The van der Waals surface area contributed by atoms with Crippen LogP contribution in [0.5, 0.6) is 11.5 Å². The van der Waals surface area contributed by atoms with E-state index in [4.69, 9.17) is 9.47 Å². The third kappa shape index (κ3) is 7.71. The number of benzene rings is 2. The number of halogens is 1. The Bertz CT molecular complexity index is 898. The molecule has 2 N–H and O–H groups in total. The average molecular weight is 474 g/mol. The molecular formula is C22H24BrN3O4. The summed E-state index contributed by atoms with van der Waals surface area (Å²) in [5.41, 5.74) is 3.50. The van der Waals surface area contributed by atoms with Crippen LogP contribution < -0.4 is 20.2 Å². The maximum atomic E-state index is 12.2. The summed E-state index contributed by atoms with van der Waals surface area (Å²) in [6.45, 7) is 6.40. The molecule has 0 unspecified atom stereocenters. The molecule has 0 spiro atoms. The molecule has 158 valence electrons. The highest BCUT2D eigenvalue weighted by atomic mass is 79.9. The second-order valence-corrected chi connectivity index (χ2v) is 7.05. The van der Waals surface area contributed by atoms with Crippen molar-refractivity contribution >= 4 is 34.0 Å². The second-order valence-electron chi connectivity index (χ2n) is 6.13. The lowest BCUT2D eigenvalue weighted by Gasteiger charge is -2.08. The molecule has 0 fully saturated rings. The van der Waals surface area contributed by atoms with Gasteiger partial charge in [-0.25, -0.2) is 5.43 Å². The van der Waals surface area contributed by atoms with Crippen LogP contribution >= 0.6 is 15.9 Å². The highest BCUT2D eigenvalue weighted by molar-refractivity contribution is 9.10. The lowest BCUT2D eigenvalue weighted by Crippen LogP contribution is -2.34. The van der Waals surface area contributed by atoms with Crippen molar-refractivity contribution in [2.75, 3.05) is 19.8 Å². The minimum Gasteiger partial charge on any atom is -0.494 e. The van der Waals surface area contributed by atoms with Crippen molar-refractivity contribution in [3.8, 4) is 11.5 Å². The molecule has 7 nitrogen and oxygen atoms in total. The number of rotatable bonds is 11. The zero-order valence-electron chi connectivity index (χ0n) is 16.7. The first kappa shape index (κ1) is 23.2. The van der Waals surface area contributed by atoms with Crippen LogP contribution in [-0.2, 0) is 4.79 Å². The molecule has 2 aromatic rings. The van der Waals surface area contributed by atoms with E-state index in [1.54, 1.807) is 36.4 Å². The second kappa shape index (κ2) is 12.4. The molecule has 0 aromatic heterocycles. The van der Waals surface area contributed by atoms with Crippen molar-refractivity contribution in [1.82, 2.24) is 10.7 Å². The molecule has 0 atom stereocenters. The summed E-state index contributed by atoms with van der Waals surface area (Å²) in [6, 6.07) is 12.2. The summed E-state index contributed by atoms with van der Waals surface area (Å²) < 4.78 is 11.9. The molecule has 0 aliphatic carbocycles. The molecule has 2 amide bonds. The Morgan fingerprint density at radius 1 is 1.17 bits per heavy atom. The normalized spacial score (nSPS) is 10.5. The van der Waals surface area contributed by atoms with E-state index in [0.29, 0.717) is 35.8 Å². The van der Waals surface area contributed by atoms with Crippen molar-refractivity contribution in [2.45, 2.75) is 13.3 Å². The van der Waals surface area contributed by atoms with E-state index in [0.717, 1.165) is 10.9 Å². The standard InChI is InChI=1S/C22H24BrN3O4/c1-3-11-29-19-8-5-16(6-9-19)22(28)24-15-21(27)26-25-14-17-13-18(23)7-10-20(17)30-12-4-2/h4-10,13-14H,2-3,11-12,15H2,1H3,(H,24,28)(H,26,27)/b25-14+. The molecule has 0 aliphatic heterocycles. The molecule has 30 heavy (non-hydrogen) atoms. The van der Waals surface area contributed by atoms with Crippen LogP contribution in [0.1, 0.15) is 29.3 Å². The van der Waals surface area contributed by atoms with Crippen LogP contribution in [-0.4, -0.2) is 37.8 Å². The lowest BCUT2D eigenvalue weighted by molar-refractivity contribution is -0.120. The molecular weight excluding hydrogens is 450 g/mol. The topological polar surface area (TPSA) is 89.0 Å². The predicted octanol–water partition coefficient (Wildman–Crippen LogP) is 3.68. The van der Waals surface area contributed by atoms with E-state index in [2.05, 4.69) is 38.4 Å². The Morgan fingerprint density at radius 2 is 1.93 bits per heavy atom. The Kier molecular flexibility index (Phi) is 9.60. The van der Waals surface area contributed by atoms with Crippen LogP contribution in [0.3, 0.4) is 0 Å². The van der Waals surface area contributed by atoms with Gasteiger partial charge in [0, 0.05) is 15.6 Å². The fourth-order valence-corrected chi connectivity index (χ4v) is 2.68. The van der Waals surface area contributed by atoms with Gasteiger partial charge in [0.25, 0.3) is 11.8 Å². The number of hydrazone groups is 1. The van der Waals surface area contributed by atoms with E-state index >= 15 is 0 Å². The highest BCUT2D eigenvalue weighted by Crippen LogP contribution is 2.21. The minimum atomic E-state index is -0.453. The maximum Gasteiger partial charge on any atom is 0.259 e. The van der Waals surface area contributed by atoms with E-state index < -0.39 is 5.91 Å². The van der Waals surface area contributed by atoms with E-state index in [9.17, 15) is 9.59 Å². The van der Waals surface area contributed by atoms with Crippen LogP contribution in [0.15, 0.2) is 64.7 Å². The van der Waals surface area contributed by atoms with Crippen LogP contribution in [0.25, 0.3) is 0 Å². The summed E-state index contributed by atoms with van der Waals surface area (Å²) in [4.78, 5) is 24.1. The number of amides is 2. The summed E-state index contributed by atoms with van der Waals surface area (Å²) >= 11 is 3.38. The van der Waals surface area contributed by atoms with Crippen LogP contribution in [0, 0.1) is 0 Å². The smallest absolute Gasteiger partial charge is 0.259 e. The maximum absolute atomic E-state index is 12.2. The van der Waals surface area contributed by atoms with Gasteiger partial charge in [-0.15, -0.1) is 0 Å². The zero-order valence-corrected chi connectivity index (χ0v) is 18.3. The minimum absolute atomic E-state index is 0.206. The van der Waals surface area contributed by atoms with E-state index in [1.165, 1.54) is 6.21 Å². The number of carbonyl (C=O) groups excluding carboxylic acids is 2. The predicted molar refractivity (Wildman–Crippen MR) is 120 cm³/mol. The highest BCUT2D eigenvalue weighted by Gasteiger charge is 2.08. The van der Waals surface area contributed by atoms with Gasteiger partial charge >= 0.3 is 0 Å². The van der Waals surface area contributed by atoms with Gasteiger partial charge in [-0.1, -0.05) is 35.5 Å². The fraction of sp³-hybridized carbons (Fsp3) is 0.227. The number of nitrogens with one attached hydrogen (secondary N) is 2. The molecule has 0 radical (unpaired) electrons. The summed E-state index contributed by atoms with van der Waals surface area (Å²) in [7, 11) is 0. The van der Waals surface area contributed by atoms with Gasteiger partial charge in [-0.2, -0.15) is 5.10 Å². The summed E-state index contributed by atoms with van der Waals surface area (Å²) in [6.07, 6.45) is 4.02. The number of carbonyl (C=O) groups is 2. The van der Waals surface area contributed by atoms with Gasteiger partial charge in [-0.05, 0) is 48.9 Å². The van der Waals surface area contributed by atoms with Crippen LogP contribution in [0.4, 0.5) is 0 Å². The molecule has 0 saturated heterocycles. The number of ether oxygens (including phenoxy) is 2. The molecule has 2 rings (SSSR count). The first-order chi connectivity index (χ1) is 14.5. The number of hydrogen-bond donors (Lipinski definition) is 2. The van der Waals surface area contributed by atoms with Gasteiger partial charge in [0.1, 0.15) is 18.1 Å². The first-order valence-corrected chi connectivity index (χ1v) is 10.2. The monoisotopic (exact) mass is 473 g/mol. The number of hydrogen-bond acceptors (Lipinski definition) is 5. The number of nitrogens with zero attached hydrogens (tertiary/aromatic N) is 1. The van der Waals surface area contributed by atoms with Gasteiger partial charge in [0.05, 0.1) is 19.4 Å². The Hall–Kier alpha value is -3.13. The Morgan fingerprint density at radius 3 is 2.63 bits per heavy atom. The van der Waals surface area contributed by atoms with Gasteiger partial charge < -0.3 is 14.8 Å². The van der Waals surface area contributed by atoms with Gasteiger partial charge in [0.15, 0.2) is 0 Å². The Labute approximate surface area is 184 Å². The van der Waals surface area contributed by atoms with Crippen molar-refractivity contribution in [3.63, 3.8) is 0 Å². The van der Waals surface area contributed by atoms with Gasteiger partial charge in [0.2, 0.25) is 0 Å². The average Bonchev–Trinajstić information content (AvgIpc) is 2.76. The lowest BCUT2D eigenvalue weighted by atomic mass is 10.2. The molecule has 8 heteroatoms. The van der Waals surface area contributed by atoms with Gasteiger partial charge in [-0.3, -0.25) is 9.59 Å². The molecule has 2 aromatic carbocycles. The van der Waals surface area contributed by atoms with Crippen LogP contribution in [0.2, 0.25) is 0 Å². The molecule has 0 heterocycles. The third-order valence-electron chi connectivity index (χ3n) is 3.72. The first-order valence-electron chi connectivity index (χ1n) is 9.39. The third-order valence-corrected chi connectivity index (χ3v) is 4.21. The summed E-state index contributed by atoms with van der Waals surface area (Å²) in [5.74, 6) is 0.495. The van der Waals surface area contributed by atoms with E-state index in [-0.39, 0.29) is 12.5 Å². The SMILES string of the molecule is C=CCOc1ccc(Br)cc1/C=N/NC(=O)CNC(=O)c1ccc(OCCC)cc1. The summed E-state index contributed by atoms with van der Waals surface area (Å²) in [5, 5.41) is 6.47. The fourth-order valence-electron chi connectivity index (χ4n) is 2.30. The molecule has 0 aliphatic rings. The molecule has 0 bridgehead atoms. The van der Waals surface area contributed by atoms with Crippen molar-refractivity contribution in [2.24, 2.45) is 5.10 Å². The van der Waals surface area contributed by atoms with E-state index in [1.807, 2.05) is 19.1 Å².